The third-order valence-electron chi connectivity index (χ3n) is 3.33. The summed E-state index contributed by atoms with van der Waals surface area (Å²) >= 11 is 5.82. The van der Waals surface area contributed by atoms with Gasteiger partial charge in [-0.3, -0.25) is 4.79 Å². The average molecular weight is 418 g/mol. The van der Waals surface area contributed by atoms with Crippen LogP contribution < -0.4 is 10.1 Å². The Kier molecular flexibility index (Phi) is 6.74. The van der Waals surface area contributed by atoms with Crippen LogP contribution in [-0.2, 0) is 9.53 Å². The van der Waals surface area contributed by atoms with Crippen LogP contribution in [-0.4, -0.2) is 31.8 Å². The first-order valence-corrected chi connectivity index (χ1v) is 8.14. The van der Waals surface area contributed by atoms with Crippen LogP contribution in [0.4, 0.5) is 18.9 Å². The minimum Gasteiger partial charge on any atom is -0.482 e. The van der Waals surface area contributed by atoms with Crippen molar-refractivity contribution >= 4 is 35.2 Å². The molecular weight excluding hydrogens is 403 g/mol. The number of halogens is 4. The van der Waals surface area contributed by atoms with E-state index in [-0.39, 0.29) is 27.8 Å². The van der Waals surface area contributed by atoms with E-state index < -0.39 is 24.7 Å². The topological polar surface area (TPSA) is 77.8 Å². The fourth-order valence-electron chi connectivity index (χ4n) is 2.12. The van der Waals surface area contributed by atoms with Crippen molar-refractivity contribution in [1.82, 2.24) is 0 Å². The summed E-state index contributed by atoms with van der Waals surface area (Å²) in [4.78, 5) is 23.6. The minimum atomic E-state index is -4.53. The van der Waals surface area contributed by atoms with Crippen LogP contribution >= 0.6 is 11.6 Å². The van der Waals surface area contributed by atoms with Gasteiger partial charge in [-0.05, 0) is 37.3 Å². The number of nitrogens with one attached hydrogen (secondary N) is 1. The van der Waals surface area contributed by atoms with Crippen LogP contribution in [0, 0.1) is 6.92 Å². The molecule has 6 nitrogen and oxygen atoms in total. The van der Waals surface area contributed by atoms with Crippen LogP contribution in [0.2, 0.25) is 5.02 Å². The Morgan fingerprint density at radius 1 is 1.29 bits per heavy atom. The molecule has 0 spiro atoms. The molecule has 1 aromatic carbocycles. The summed E-state index contributed by atoms with van der Waals surface area (Å²) in [6.45, 7) is 0.0369. The second-order valence-corrected chi connectivity index (χ2v) is 5.91. The summed E-state index contributed by atoms with van der Waals surface area (Å²) in [5.74, 6) is -0.925. The summed E-state index contributed by atoms with van der Waals surface area (Å²) < 4.78 is 51.6. The van der Waals surface area contributed by atoms with E-state index in [1.165, 1.54) is 37.5 Å². The minimum absolute atomic E-state index is 0.0303. The van der Waals surface area contributed by atoms with Crippen molar-refractivity contribution in [3.63, 3.8) is 0 Å². The molecule has 2 aromatic rings. The fourth-order valence-corrected chi connectivity index (χ4v) is 2.29. The van der Waals surface area contributed by atoms with Crippen LogP contribution in [0.15, 0.2) is 34.8 Å². The lowest BCUT2D eigenvalue weighted by molar-refractivity contribution is -0.153. The molecule has 0 aliphatic heterocycles. The van der Waals surface area contributed by atoms with Crippen LogP contribution in [0.25, 0.3) is 6.08 Å². The standard InChI is InChI=1S/C18H15ClF3NO5/c1-10-13(17(25)26-2)8-12(28-10)4-6-16(24)23-14-7-11(19)3-5-15(14)27-9-18(20,21)22/h3-8H,9H2,1-2H3,(H,23,24)/b6-4+. The van der Waals surface area contributed by atoms with Gasteiger partial charge in [0.25, 0.3) is 0 Å². The third-order valence-corrected chi connectivity index (χ3v) is 3.57. The zero-order chi connectivity index (χ0) is 20.9. The van der Waals surface area contributed by atoms with Crippen molar-refractivity contribution in [2.24, 2.45) is 0 Å². The van der Waals surface area contributed by atoms with Gasteiger partial charge < -0.3 is 19.2 Å². The third kappa shape index (κ3) is 6.05. The first kappa shape index (κ1) is 21.4. The maximum absolute atomic E-state index is 12.3. The van der Waals surface area contributed by atoms with Gasteiger partial charge in [-0.1, -0.05) is 11.6 Å². The number of aryl methyl sites for hydroxylation is 1. The molecule has 0 saturated carbocycles. The molecule has 150 valence electrons. The molecule has 10 heteroatoms. The van der Waals surface area contributed by atoms with Gasteiger partial charge in [0.2, 0.25) is 5.91 Å². The van der Waals surface area contributed by atoms with Crippen LogP contribution in [0.3, 0.4) is 0 Å². The molecule has 28 heavy (non-hydrogen) atoms. The van der Waals surface area contributed by atoms with E-state index >= 15 is 0 Å². The van der Waals surface area contributed by atoms with Gasteiger partial charge in [0, 0.05) is 11.1 Å². The van der Waals surface area contributed by atoms with Gasteiger partial charge in [0.1, 0.15) is 22.8 Å². The number of furan rings is 1. The smallest absolute Gasteiger partial charge is 0.422 e. The van der Waals surface area contributed by atoms with Crippen molar-refractivity contribution in [3.8, 4) is 5.75 Å². The number of carbonyl (C=O) groups excluding carboxylic acids is 2. The normalized spacial score (nSPS) is 11.5. The lowest BCUT2D eigenvalue weighted by Crippen LogP contribution is -2.20. The molecule has 1 amide bonds. The van der Waals surface area contributed by atoms with E-state index in [1.807, 2.05) is 0 Å². The van der Waals surface area contributed by atoms with Crippen molar-refractivity contribution in [3.05, 3.63) is 52.4 Å². The summed E-state index contributed by atoms with van der Waals surface area (Å²) in [5, 5.41) is 2.57. The number of hydrogen-bond acceptors (Lipinski definition) is 5. The molecule has 1 aromatic heterocycles. The lowest BCUT2D eigenvalue weighted by atomic mass is 10.2. The SMILES string of the molecule is COC(=O)c1cc(/C=C/C(=O)Nc2cc(Cl)ccc2OCC(F)(F)F)oc1C. The number of methoxy groups -OCH3 is 1. The molecule has 0 unspecified atom stereocenters. The van der Waals surface area contributed by atoms with Gasteiger partial charge >= 0.3 is 12.1 Å². The summed E-state index contributed by atoms with van der Waals surface area (Å²) in [6, 6.07) is 5.19. The number of esters is 1. The van der Waals surface area contributed by atoms with E-state index in [2.05, 4.69) is 14.8 Å². The number of carbonyl (C=O) groups is 2. The molecular formula is C18H15ClF3NO5. The molecule has 0 saturated heterocycles. The molecule has 0 radical (unpaired) electrons. The monoisotopic (exact) mass is 417 g/mol. The molecule has 0 bridgehead atoms. The van der Waals surface area contributed by atoms with E-state index in [1.54, 1.807) is 6.92 Å². The van der Waals surface area contributed by atoms with Crippen molar-refractivity contribution in [1.29, 1.82) is 0 Å². The maximum atomic E-state index is 12.3. The van der Waals surface area contributed by atoms with Crippen LogP contribution in [0.5, 0.6) is 5.75 Å². The van der Waals surface area contributed by atoms with Gasteiger partial charge in [-0.15, -0.1) is 0 Å². The summed E-state index contributed by atoms with van der Waals surface area (Å²) in [5.41, 5.74) is 0.178. The van der Waals surface area contributed by atoms with Gasteiger partial charge in [-0.2, -0.15) is 13.2 Å². The molecule has 1 heterocycles. The first-order valence-electron chi connectivity index (χ1n) is 7.76. The molecule has 1 N–H and O–H groups in total. The van der Waals surface area contributed by atoms with Crippen LogP contribution in [0.1, 0.15) is 21.9 Å². The average Bonchev–Trinajstić information content (AvgIpc) is 2.98. The van der Waals surface area contributed by atoms with Gasteiger partial charge in [0.15, 0.2) is 6.61 Å². The Hall–Kier alpha value is -2.94. The molecule has 0 atom stereocenters. The highest BCUT2D eigenvalue weighted by molar-refractivity contribution is 6.31. The van der Waals surface area contributed by atoms with E-state index in [4.69, 9.17) is 16.0 Å². The fraction of sp³-hybridized carbons (Fsp3) is 0.222. The predicted molar refractivity (Wildman–Crippen MR) is 95.5 cm³/mol. The zero-order valence-electron chi connectivity index (χ0n) is 14.7. The molecule has 0 aliphatic rings. The second kappa shape index (κ2) is 8.83. The number of hydrogen-bond donors (Lipinski definition) is 1. The number of anilines is 1. The van der Waals surface area contributed by atoms with Crippen molar-refractivity contribution in [2.75, 3.05) is 19.0 Å². The Morgan fingerprint density at radius 3 is 2.64 bits per heavy atom. The number of alkyl halides is 3. The number of amides is 1. The lowest BCUT2D eigenvalue weighted by Gasteiger charge is -2.13. The Balaban J connectivity index is 2.11. The number of rotatable bonds is 6. The highest BCUT2D eigenvalue weighted by Gasteiger charge is 2.29. The molecule has 2 rings (SSSR count). The highest BCUT2D eigenvalue weighted by Crippen LogP contribution is 2.29. The van der Waals surface area contributed by atoms with E-state index in [0.29, 0.717) is 5.76 Å². The zero-order valence-corrected chi connectivity index (χ0v) is 15.5. The van der Waals surface area contributed by atoms with Crippen molar-refractivity contribution < 1.29 is 36.7 Å². The van der Waals surface area contributed by atoms with Gasteiger partial charge in [0.05, 0.1) is 12.8 Å². The second-order valence-electron chi connectivity index (χ2n) is 5.48. The summed E-state index contributed by atoms with van der Waals surface area (Å²) in [6.07, 6.45) is -2.17. The molecule has 0 aliphatic carbocycles. The Bertz CT molecular complexity index is 905. The van der Waals surface area contributed by atoms with E-state index in [0.717, 1.165) is 6.08 Å². The quantitative estimate of drug-likeness (QED) is 0.548. The first-order chi connectivity index (χ1) is 13.1. The van der Waals surface area contributed by atoms with E-state index in [9.17, 15) is 22.8 Å². The van der Waals surface area contributed by atoms with Gasteiger partial charge in [-0.25, -0.2) is 4.79 Å². The Labute approximate surface area is 162 Å². The summed E-state index contributed by atoms with van der Waals surface area (Å²) in [7, 11) is 1.22. The maximum Gasteiger partial charge on any atom is 0.422 e. The number of ether oxygens (including phenoxy) is 2. The predicted octanol–water partition coefficient (Wildman–Crippen LogP) is 4.62. The van der Waals surface area contributed by atoms with Crippen molar-refractivity contribution in [2.45, 2.75) is 13.1 Å². The molecule has 0 fully saturated rings. The Morgan fingerprint density at radius 2 is 2.00 bits per heavy atom. The highest BCUT2D eigenvalue weighted by atomic mass is 35.5. The largest absolute Gasteiger partial charge is 0.482 e. The number of benzene rings is 1.